The number of likely N-dealkylation sites (tertiary alicyclic amines) is 1. The van der Waals surface area contributed by atoms with Gasteiger partial charge in [0.25, 0.3) is 0 Å². The molecular formula is C22H33ClFN3O2. The van der Waals surface area contributed by atoms with E-state index in [1.54, 1.807) is 12.1 Å². The Morgan fingerprint density at radius 1 is 1.31 bits per heavy atom. The first-order chi connectivity index (χ1) is 14.2. The molecule has 2 aliphatic rings. The van der Waals surface area contributed by atoms with Crippen molar-refractivity contribution in [2.75, 3.05) is 39.4 Å². The standard InChI is InChI=1S/C22H33ClFN3O2/c1-2-25-22(26-12-9-19-20(23)7-5-8-21(19)24)27-13-10-17(11-14-27)29-16-18-6-3-4-15-28-18/h5,7-8,17-18H,2-4,6,9-16H2,1H3,(H,25,26). The van der Waals surface area contributed by atoms with E-state index in [4.69, 9.17) is 26.1 Å². The third kappa shape index (κ3) is 6.83. The Balaban J connectivity index is 1.46. The Kier molecular flexibility index (Phi) is 9.02. The average Bonchev–Trinajstić information content (AvgIpc) is 2.75. The Labute approximate surface area is 178 Å². The minimum absolute atomic E-state index is 0.266. The Hall–Kier alpha value is -1.37. The van der Waals surface area contributed by atoms with Crippen LogP contribution in [0.4, 0.5) is 4.39 Å². The first-order valence-electron chi connectivity index (χ1n) is 10.9. The molecule has 162 valence electrons. The zero-order chi connectivity index (χ0) is 20.5. The molecule has 2 fully saturated rings. The van der Waals surface area contributed by atoms with Crippen molar-refractivity contribution in [2.24, 2.45) is 4.99 Å². The van der Waals surface area contributed by atoms with E-state index >= 15 is 0 Å². The Bertz CT molecular complexity index is 639. The van der Waals surface area contributed by atoms with Crippen molar-refractivity contribution >= 4 is 17.6 Å². The van der Waals surface area contributed by atoms with Crippen LogP contribution in [0.3, 0.4) is 0 Å². The summed E-state index contributed by atoms with van der Waals surface area (Å²) >= 11 is 6.12. The first-order valence-corrected chi connectivity index (χ1v) is 11.2. The van der Waals surface area contributed by atoms with Gasteiger partial charge in [-0.15, -0.1) is 0 Å². The number of halogens is 2. The Morgan fingerprint density at radius 2 is 2.14 bits per heavy atom. The average molecular weight is 426 g/mol. The molecule has 2 heterocycles. The number of nitrogens with zero attached hydrogens (tertiary/aromatic N) is 2. The molecule has 0 amide bonds. The number of nitrogens with one attached hydrogen (secondary N) is 1. The van der Waals surface area contributed by atoms with Crippen molar-refractivity contribution in [3.05, 3.63) is 34.6 Å². The zero-order valence-corrected chi connectivity index (χ0v) is 18.1. The van der Waals surface area contributed by atoms with Crippen molar-refractivity contribution in [3.63, 3.8) is 0 Å². The maximum Gasteiger partial charge on any atom is 0.193 e. The van der Waals surface area contributed by atoms with Crippen molar-refractivity contribution < 1.29 is 13.9 Å². The highest BCUT2D eigenvalue weighted by molar-refractivity contribution is 6.31. The summed E-state index contributed by atoms with van der Waals surface area (Å²) in [5.41, 5.74) is 0.533. The highest BCUT2D eigenvalue weighted by Gasteiger charge is 2.23. The van der Waals surface area contributed by atoms with E-state index in [1.807, 2.05) is 0 Å². The molecular weight excluding hydrogens is 393 g/mol. The van der Waals surface area contributed by atoms with Crippen molar-refractivity contribution in [3.8, 4) is 0 Å². The molecule has 0 spiro atoms. The fourth-order valence-corrected chi connectivity index (χ4v) is 4.14. The molecule has 3 rings (SSSR count). The van der Waals surface area contributed by atoms with E-state index in [0.717, 1.165) is 51.5 Å². The van der Waals surface area contributed by atoms with Crippen LogP contribution < -0.4 is 5.32 Å². The van der Waals surface area contributed by atoms with Crippen molar-refractivity contribution in [1.82, 2.24) is 10.2 Å². The van der Waals surface area contributed by atoms with Gasteiger partial charge in [-0.05, 0) is 57.6 Å². The number of guanidine groups is 1. The molecule has 2 aliphatic heterocycles. The summed E-state index contributed by atoms with van der Waals surface area (Å²) in [5.74, 6) is 0.617. The van der Waals surface area contributed by atoms with E-state index in [0.29, 0.717) is 30.2 Å². The highest BCUT2D eigenvalue weighted by atomic mass is 35.5. The van der Waals surface area contributed by atoms with Crippen molar-refractivity contribution in [2.45, 2.75) is 57.7 Å². The smallest absolute Gasteiger partial charge is 0.193 e. The van der Waals surface area contributed by atoms with Gasteiger partial charge in [0.2, 0.25) is 0 Å². The molecule has 1 aromatic carbocycles. The van der Waals surface area contributed by atoms with Gasteiger partial charge in [-0.2, -0.15) is 0 Å². The SMILES string of the molecule is CCNC(=NCCc1c(F)cccc1Cl)N1CCC(OCC2CCCCO2)CC1. The van der Waals surface area contributed by atoms with Gasteiger partial charge in [0.1, 0.15) is 5.82 Å². The summed E-state index contributed by atoms with van der Waals surface area (Å²) < 4.78 is 25.8. The van der Waals surface area contributed by atoms with Crippen LogP contribution in [-0.4, -0.2) is 62.5 Å². The number of rotatable bonds is 7. The second kappa shape index (κ2) is 11.7. The summed E-state index contributed by atoms with van der Waals surface area (Å²) in [6, 6.07) is 4.79. The fraction of sp³-hybridized carbons (Fsp3) is 0.682. The van der Waals surface area contributed by atoms with E-state index < -0.39 is 0 Å². The molecule has 29 heavy (non-hydrogen) atoms. The normalized spacial score (nSPS) is 21.4. The van der Waals surface area contributed by atoms with E-state index in [-0.39, 0.29) is 18.0 Å². The molecule has 1 N–H and O–H groups in total. The van der Waals surface area contributed by atoms with Gasteiger partial charge in [0.15, 0.2) is 5.96 Å². The molecule has 0 aliphatic carbocycles. The maximum absolute atomic E-state index is 13.9. The van der Waals surface area contributed by atoms with Crippen LogP contribution in [0.5, 0.6) is 0 Å². The third-order valence-electron chi connectivity index (χ3n) is 5.55. The van der Waals surface area contributed by atoms with Crippen LogP contribution >= 0.6 is 11.6 Å². The highest BCUT2D eigenvalue weighted by Crippen LogP contribution is 2.20. The van der Waals surface area contributed by atoms with Gasteiger partial charge < -0.3 is 19.7 Å². The lowest BCUT2D eigenvalue weighted by Crippen LogP contribution is -2.47. The molecule has 0 bridgehead atoms. The number of piperidine rings is 1. The minimum Gasteiger partial charge on any atom is -0.376 e. The summed E-state index contributed by atoms with van der Waals surface area (Å²) in [6.45, 7) is 6.75. The number of hydrogen-bond acceptors (Lipinski definition) is 3. The van der Waals surface area contributed by atoms with E-state index in [9.17, 15) is 4.39 Å². The Morgan fingerprint density at radius 3 is 2.83 bits per heavy atom. The second-order valence-corrected chi connectivity index (χ2v) is 8.10. The van der Waals surface area contributed by atoms with Crippen LogP contribution in [0.25, 0.3) is 0 Å². The first kappa shape index (κ1) is 22.3. The summed E-state index contributed by atoms with van der Waals surface area (Å²) in [4.78, 5) is 6.97. The lowest BCUT2D eigenvalue weighted by molar-refractivity contribution is -0.0721. The topological polar surface area (TPSA) is 46.1 Å². The van der Waals surface area contributed by atoms with Gasteiger partial charge in [-0.25, -0.2) is 4.39 Å². The second-order valence-electron chi connectivity index (χ2n) is 7.69. The zero-order valence-electron chi connectivity index (χ0n) is 17.3. The van der Waals surface area contributed by atoms with Crippen molar-refractivity contribution in [1.29, 1.82) is 0 Å². The van der Waals surface area contributed by atoms with Gasteiger partial charge in [-0.3, -0.25) is 4.99 Å². The van der Waals surface area contributed by atoms with Gasteiger partial charge >= 0.3 is 0 Å². The van der Waals surface area contributed by atoms with Crippen LogP contribution in [0, 0.1) is 5.82 Å². The van der Waals surface area contributed by atoms with Gasteiger partial charge in [0.05, 0.1) is 18.8 Å². The number of aliphatic imine (C=N–C) groups is 1. The number of benzene rings is 1. The van der Waals surface area contributed by atoms with E-state index in [1.165, 1.54) is 18.9 Å². The monoisotopic (exact) mass is 425 g/mol. The third-order valence-corrected chi connectivity index (χ3v) is 5.91. The quantitative estimate of drug-likeness (QED) is 0.529. The van der Waals surface area contributed by atoms with Gasteiger partial charge in [0, 0.05) is 43.4 Å². The maximum atomic E-state index is 13.9. The molecule has 0 saturated carbocycles. The number of hydrogen-bond donors (Lipinski definition) is 1. The molecule has 0 aromatic heterocycles. The molecule has 1 atom stereocenters. The van der Waals surface area contributed by atoms with Crippen LogP contribution in [0.15, 0.2) is 23.2 Å². The van der Waals surface area contributed by atoms with E-state index in [2.05, 4.69) is 17.1 Å². The largest absolute Gasteiger partial charge is 0.376 e. The lowest BCUT2D eigenvalue weighted by atomic mass is 10.1. The predicted octanol–water partition coefficient (Wildman–Crippen LogP) is 4.04. The lowest BCUT2D eigenvalue weighted by Gasteiger charge is -2.35. The summed E-state index contributed by atoms with van der Waals surface area (Å²) in [5, 5.41) is 3.82. The van der Waals surface area contributed by atoms with Crippen LogP contribution in [0.1, 0.15) is 44.6 Å². The molecule has 2 saturated heterocycles. The van der Waals surface area contributed by atoms with Crippen LogP contribution in [0.2, 0.25) is 5.02 Å². The number of ether oxygens (including phenoxy) is 2. The summed E-state index contributed by atoms with van der Waals surface area (Å²) in [7, 11) is 0. The molecule has 1 unspecified atom stereocenters. The summed E-state index contributed by atoms with van der Waals surface area (Å²) in [6.07, 6.45) is 6.54. The van der Waals surface area contributed by atoms with Gasteiger partial charge in [-0.1, -0.05) is 17.7 Å². The molecule has 1 aromatic rings. The molecule has 5 nitrogen and oxygen atoms in total. The minimum atomic E-state index is -0.266. The molecule has 7 heteroatoms. The predicted molar refractivity (Wildman–Crippen MR) is 115 cm³/mol. The molecule has 0 radical (unpaired) electrons. The van der Waals surface area contributed by atoms with Crippen LogP contribution in [-0.2, 0) is 15.9 Å². The fourth-order valence-electron chi connectivity index (χ4n) is 3.89.